The van der Waals surface area contributed by atoms with E-state index in [4.69, 9.17) is 21.1 Å². The standard InChI is InChI=1S/C11H14ClNO4S/c1-8-13(5-6-17-8)18(14,15)9-3-4-11(16-2)10(12)7-9/h3-4,7-8H,5-6H2,1-2H3. The molecule has 0 aromatic heterocycles. The van der Waals surface area contributed by atoms with Crippen LogP contribution in [0.2, 0.25) is 5.02 Å². The smallest absolute Gasteiger partial charge is 0.245 e. The van der Waals surface area contributed by atoms with Gasteiger partial charge in [0.2, 0.25) is 10.0 Å². The van der Waals surface area contributed by atoms with Crippen LogP contribution in [-0.2, 0) is 14.8 Å². The number of hydrogen-bond donors (Lipinski definition) is 0. The van der Waals surface area contributed by atoms with Crippen LogP contribution in [0.5, 0.6) is 5.75 Å². The highest BCUT2D eigenvalue weighted by Crippen LogP contribution is 2.29. The molecule has 2 rings (SSSR count). The minimum absolute atomic E-state index is 0.144. The predicted molar refractivity (Wildman–Crippen MR) is 67.3 cm³/mol. The van der Waals surface area contributed by atoms with Gasteiger partial charge in [-0.25, -0.2) is 8.42 Å². The molecular weight excluding hydrogens is 278 g/mol. The number of rotatable bonds is 3. The van der Waals surface area contributed by atoms with Crippen LogP contribution in [0.3, 0.4) is 0 Å². The predicted octanol–water partition coefficient (Wildman–Crippen LogP) is 1.72. The lowest BCUT2D eigenvalue weighted by Gasteiger charge is -2.19. The van der Waals surface area contributed by atoms with E-state index in [1.807, 2.05) is 0 Å². The first-order chi connectivity index (χ1) is 8.46. The molecule has 18 heavy (non-hydrogen) atoms. The zero-order valence-electron chi connectivity index (χ0n) is 10.1. The maximum Gasteiger partial charge on any atom is 0.245 e. The SMILES string of the molecule is COc1ccc(S(=O)(=O)N2CCOC2C)cc1Cl. The third-order valence-corrected chi connectivity index (χ3v) is 5.05. The fraction of sp³-hybridized carbons (Fsp3) is 0.455. The van der Waals surface area contributed by atoms with Crippen molar-refractivity contribution in [2.24, 2.45) is 0 Å². The largest absolute Gasteiger partial charge is 0.495 e. The molecule has 0 spiro atoms. The normalized spacial score (nSPS) is 21.2. The van der Waals surface area contributed by atoms with Crippen LogP contribution < -0.4 is 4.74 Å². The number of benzene rings is 1. The second-order valence-corrected chi connectivity index (χ2v) is 6.18. The van der Waals surface area contributed by atoms with Crippen LogP contribution in [0, 0.1) is 0 Å². The molecule has 1 heterocycles. The molecule has 0 N–H and O–H groups in total. The second kappa shape index (κ2) is 5.05. The molecule has 1 aliphatic rings. The lowest BCUT2D eigenvalue weighted by Crippen LogP contribution is -2.34. The quantitative estimate of drug-likeness (QED) is 0.851. The molecule has 7 heteroatoms. The molecule has 0 saturated carbocycles. The van der Waals surface area contributed by atoms with Crippen LogP contribution in [0.1, 0.15) is 6.92 Å². The minimum atomic E-state index is -3.57. The first-order valence-corrected chi connectivity index (χ1v) is 7.25. The maximum atomic E-state index is 12.3. The van der Waals surface area contributed by atoms with Gasteiger partial charge in [-0.3, -0.25) is 0 Å². The minimum Gasteiger partial charge on any atom is -0.495 e. The highest BCUT2D eigenvalue weighted by Gasteiger charge is 2.33. The molecule has 1 aromatic carbocycles. The van der Waals surface area contributed by atoms with Crippen LogP contribution in [0.4, 0.5) is 0 Å². The van der Waals surface area contributed by atoms with Gasteiger partial charge in [-0.1, -0.05) is 11.6 Å². The van der Waals surface area contributed by atoms with E-state index in [0.717, 1.165) is 0 Å². The number of sulfonamides is 1. The number of ether oxygens (including phenoxy) is 2. The summed E-state index contributed by atoms with van der Waals surface area (Å²) in [6, 6.07) is 4.41. The highest BCUT2D eigenvalue weighted by molar-refractivity contribution is 7.89. The molecule has 1 fully saturated rings. The van der Waals surface area contributed by atoms with Crippen molar-refractivity contribution < 1.29 is 17.9 Å². The molecule has 0 amide bonds. The summed E-state index contributed by atoms with van der Waals surface area (Å²) in [6.45, 7) is 2.47. The summed E-state index contributed by atoms with van der Waals surface area (Å²) in [5.41, 5.74) is 0. The maximum absolute atomic E-state index is 12.3. The lowest BCUT2D eigenvalue weighted by molar-refractivity contribution is 0.0846. The number of halogens is 1. The molecule has 5 nitrogen and oxygen atoms in total. The van der Waals surface area contributed by atoms with Crippen molar-refractivity contribution in [2.75, 3.05) is 20.3 Å². The monoisotopic (exact) mass is 291 g/mol. The van der Waals surface area contributed by atoms with Crippen molar-refractivity contribution in [3.8, 4) is 5.75 Å². The summed E-state index contributed by atoms with van der Waals surface area (Å²) in [5.74, 6) is 0.446. The molecule has 1 atom stereocenters. The molecule has 0 radical (unpaired) electrons. The van der Waals surface area contributed by atoms with E-state index in [0.29, 0.717) is 18.9 Å². The van der Waals surface area contributed by atoms with Gasteiger partial charge in [0.25, 0.3) is 0 Å². The van der Waals surface area contributed by atoms with Gasteiger partial charge in [-0.15, -0.1) is 0 Å². The van der Waals surface area contributed by atoms with Crippen molar-refractivity contribution in [2.45, 2.75) is 18.0 Å². The van der Waals surface area contributed by atoms with Crippen molar-refractivity contribution in [3.05, 3.63) is 23.2 Å². The van der Waals surface area contributed by atoms with E-state index in [-0.39, 0.29) is 9.92 Å². The van der Waals surface area contributed by atoms with Gasteiger partial charge >= 0.3 is 0 Å². The zero-order chi connectivity index (χ0) is 13.3. The van der Waals surface area contributed by atoms with Crippen LogP contribution in [-0.4, -0.2) is 39.2 Å². The van der Waals surface area contributed by atoms with Gasteiger partial charge in [0.15, 0.2) is 0 Å². The van der Waals surface area contributed by atoms with E-state index in [2.05, 4.69) is 0 Å². The van der Waals surface area contributed by atoms with Crippen molar-refractivity contribution in [3.63, 3.8) is 0 Å². The summed E-state index contributed by atoms with van der Waals surface area (Å²) in [7, 11) is -2.09. The Morgan fingerprint density at radius 3 is 2.72 bits per heavy atom. The average molecular weight is 292 g/mol. The van der Waals surface area contributed by atoms with Crippen LogP contribution in [0.15, 0.2) is 23.1 Å². The second-order valence-electron chi connectivity index (χ2n) is 3.88. The van der Waals surface area contributed by atoms with Gasteiger partial charge in [-0.05, 0) is 25.1 Å². The van der Waals surface area contributed by atoms with E-state index in [9.17, 15) is 8.42 Å². The Morgan fingerprint density at radius 2 is 2.22 bits per heavy atom. The molecule has 0 aliphatic carbocycles. The number of nitrogens with zero attached hydrogens (tertiary/aromatic N) is 1. The molecule has 1 aromatic rings. The lowest BCUT2D eigenvalue weighted by atomic mass is 10.3. The van der Waals surface area contributed by atoms with Crippen molar-refractivity contribution >= 4 is 21.6 Å². The Hall–Kier alpha value is -0.820. The Kier molecular flexibility index (Phi) is 3.82. The summed E-state index contributed by atoms with van der Waals surface area (Å²) >= 11 is 5.94. The first-order valence-electron chi connectivity index (χ1n) is 5.44. The molecule has 0 bridgehead atoms. The Balaban J connectivity index is 2.38. The topological polar surface area (TPSA) is 55.8 Å². The molecule has 1 unspecified atom stereocenters. The van der Waals surface area contributed by atoms with Gasteiger partial charge < -0.3 is 9.47 Å². The summed E-state index contributed by atoms with van der Waals surface area (Å²) in [6.07, 6.45) is -0.448. The van der Waals surface area contributed by atoms with Gasteiger partial charge in [0.05, 0.1) is 23.6 Å². The van der Waals surface area contributed by atoms with Gasteiger partial charge in [0.1, 0.15) is 12.0 Å². The van der Waals surface area contributed by atoms with Crippen LogP contribution >= 0.6 is 11.6 Å². The molecule has 1 saturated heterocycles. The highest BCUT2D eigenvalue weighted by atomic mass is 35.5. The Morgan fingerprint density at radius 1 is 1.50 bits per heavy atom. The molecular formula is C11H14ClNO4S. The fourth-order valence-electron chi connectivity index (χ4n) is 1.84. The third kappa shape index (κ3) is 2.33. The van der Waals surface area contributed by atoms with E-state index >= 15 is 0 Å². The van der Waals surface area contributed by atoms with E-state index < -0.39 is 16.3 Å². The van der Waals surface area contributed by atoms with E-state index in [1.165, 1.54) is 29.6 Å². The molecule has 1 aliphatic heterocycles. The number of hydrogen-bond acceptors (Lipinski definition) is 4. The van der Waals surface area contributed by atoms with E-state index in [1.54, 1.807) is 6.92 Å². The zero-order valence-corrected chi connectivity index (χ0v) is 11.7. The summed E-state index contributed by atoms with van der Waals surface area (Å²) in [4.78, 5) is 0.144. The molecule has 100 valence electrons. The average Bonchev–Trinajstić information content (AvgIpc) is 2.76. The van der Waals surface area contributed by atoms with Crippen molar-refractivity contribution in [1.82, 2.24) is 4.31 Å². The summed E-state index contributed by atoms with van der Waals surface area (Å²) < 4.78 is 36.2. The first kappa shape index (κ1) is 13.6. The third-order valence-electron chi connectivity index (χ3n) is 2.81. The van der Waals surface area contributed by atoms with Gasteiger partial charge in [0, 0.05) is 6.54 Å². The Labute approximate surface area is 111 Å². The van der Waals surface area contributed by atoms with Gasteiger partial charge in [-0.2, -0.15) is 4.31 Å². The Bertz CT molecular complexity index is 546. The van der Waals surface area contributed by atoms with Crippen molar-refractivity contribution in [1.29, 1.82) is 0 Å². The summed E-state index contributed by atoms with van der Waals surface area (Å²) in [5, 5.41) is 0.270. The fourth-order valence-corrected chi connectivity index (χ4v) is 3.70. The number of methoxy groups -OCH3 is 1. The van der Waals surface area contributed by atoms with Crippen LogP contribution in [0.25, 0.3) is 0 Å².